The van der Waals surface area contributed by atoms with Crippen molar-refractivity contribution in [1.82, 2.24) is 15.6 Å². The Morgan fingerprint density at radius 2 is 2.33 bits per heavy atom. The highest BCUT2D eigenvalue weighted by Gasteiger charge is 2.34. The highest BCUT2D eigenvalue weighted by molar-refractivity contribution is 7.11. The van der Waals surface area contributed by atoms with Crippen LogP contribution in [0.1, 0.15) is 36.6 Å². The summed E-state index contributed by atoms with van der Waals surface area (Å²) < 4.78 is 5.52. The summed E-state index contributed by atoms with van der Waals surface area (Å²) in [5.41, 5.74) is 0.0152. The highest BCUT2D eigenvalue weighted by Crippen LogP contribution is 2.31. The zero-order chi connectivity index (χ0) is 17.4. The molecular formula is C17H30N4O2S. The largest absolute Gasteiger partial charge is 0.396 e. The number of rotatable bonds is 8. The number of guanidine groups is 1. The van der Waals surface area contributed by atoms with Crippen LogP contribution >= 0.6 is 11.3 Å². The summed E-state index contributed by atoms with van der Waals surface area (Å²) in [6.45, 7) is 7.56. The van der Waals surface area contributed by atoms with Gasteiger partial charge >= 0.3 is 0 Å². The molecule has 1 saturated heterocycles. The van der Waals surface area contributed by atoms with E-state index < -0.39 is 0 Å². The van der Waals surface area contributed by atoms with Crippen LogP contribution in [0.3, 0.4) is 0 Å². The summed E-state index contributed by atoms with van der Waals surface area (Å²) in [7, 11) is 1.77. The smallest absolute Gasteiger partial charge is 0.191 e. The minimum absolute atomic E-state index is 0.0152. The quantitative estimate of drug-likeness (QED) is 0.490. The molecule has 1 fully saturated rings. The standard InChI is InChI=1S/C17H30N4O2S/c1-13(2)8-15-19-9-14(24-15)10-20-16(18-3)21-11-17(4-6-22)5-7-23-12-17/h9,13,22H,4-8,10-12H2,1-3H3,(H2,18,20,21). The Morgan fingerprint density at radius 3 is 2.96 bits per heavy atom. The maximum atomic E-state index is 9.30. The fourth-order valence-corrected chi connectivity index (χ4v) is 3.92. The molecule has 1 unspecified atom stereocenters. The van der Waals surface area contributed by atoms with E-state index in [9.17, 15) is 5.11 Å². The number of aliphatic imine (C=N–C) groups is 1. The van der Waals surface area contributed by atoms with Gasteiger partial charge in [0.1, 0.15) is 0 Å². The molecule has 1 aliphatic rings. The van der Waals surface area contributed by atoms with Crippen molar-refractivity contribution < 1.29 is 9.84 Å². The molecule has 0 amide bonds. The summed E-state index contributed by atoms with van der Waals surface area (Å²) in [5, 5.41) is 17.2. The number of hydrogen-bond donors (Lipinski definition) is 3. The van der Waals surface area contributed by atoms with E-state index >= 15 is 0 Å². The van der Waals surface area contributed by atoms with Crippen LogP contribution in [0.5, 0.6) is 0 Å². The van der Waals surface area contributed by atoms with Gasteiger partial charge in [0.05, 0.1) is 18.2 Å². The van der Waals surface area contributed by atoms with Gasteiger partial charge in [0.15, 0.2) is 5.96 Å². The molecule has 0 aromatic carbocycles. The van der Waals surface area contributed by atoms with Crippen molar-refractivity contribution in [3.05, 3.63) is 16.1 Å². The normalized spacial score (nSPS) is 21.5. The van der Waals surface area contributed by atoms with Crippen molar-refractivity contribution in [3.8, 4) is 0 Å². The van der Waals surface area contributed by atoms with Gasteiger partial charge in [-0.3, -0.25) is 4.99 Å². The Hall–Kier alpha value is -1.18. The van der Waals surface area contributed by atoms with Crippen LogP contribution < -0.4 is 10.6 Å². The Balaban J connectivity index is 1.81. The monoisotopic (exact) mass is 354 g/mol. The molecular weight excluding hydrogens is 324 g/mol. The van der Waals surface area contributed by atoms with Gasteiger partial charge in [-0.05, 0) is 18.8 Å². The molecule has 1 aliphatic heterocycles. The summed E-state index contributed by atoms with van der Waals surface area (Å²) >= 11 is 1.76. The minimum Gasteiger partial charge on any atom is -0.396 e. The second kappa shape index (κ2) is 9.34. The summed E-state index contributed by atoms with van der Waals surface area (Å²) in [4.78, 5) is 9.98. The average Bonchev–Trinajstić information content (AvgIpc) is 3.17. The first-order chi connectivity index (χ1) is 11.6. The highest BCUT2D eigenvalue weighted by atomic mass is 32.1. The van der Waals surface area contributed by atoms with Crippen LogP contribution in [-0.2, 0) is 17.7 Å². The van der Waals surface area contributed by atoms with Gasteiger partial charge in [0.2, 0.25) is 0 Å². The van der Waals surface area contributed by atoms with E-state index in [2.05, 4.69) is 34.5 Å². The molecule has 1 atom stereocenters. The Labute approximate surface area is 148 Å². The van der Waals surface area contributed by atoms with Gasteiger partial charge in [0.25, 0.3) is 0 Å². The van der Waals surface area contributed by atoms with E-state index in [-0.39, 0.29) is 12.0 Å². The molecule has 0 radical (unpaired) electrons. The molecule has 1 aromatic rings. The molecule has 0 spiro atoms. The van der Waals surface area contributed by atoms with E-state index in [1.54, 1.807) is 18.4 Å². The lowest BCUT2D eigenvalue weighted by Gasteiger charge is -2.27. The van der Waals surface area contributed by atoms with Crippen molar-refractivity contribution in [2.75, 3.05) is 33.4 Å². The maximum absolute atomic E-state index is 9.30. The number of aliphatic hydroxyl groups excluding tert-OH is 1. The van der Waals surface area contributed by atoms with E-state index in [0.717, 1.165) is 44.9 Å². The lowest BCUT2D eigenvalue weighted by atomic mass is 9.84. The summed E-state index contributed by atoms with van der Waals surface area (Å²) in [6, 6.07) is 0. The molecule has 3 N–H and O–H groups in total. The topological polar surface area (TPSA) is 78.8 Å². The van der Waals surface area contributed by atoms with E-state index in [1.807, 2.05) is 6.20 Å². The third-order valence-corrected chi connectivity index (χ3v) is 5.32. The molecule has 2 rings (SSSR count). The second-order valence-corrected chi connectivity index (χ2v) is 8.07. The van der Waals surface area contributed by atoms with Crippen LogP contribution in [-0.4, -0.2) is 49.5 Å². The summed E-state index contributed by atoms with van der Waals surface area (Å²) in [6.07, 6.45) is 4.71. The van der Waals surface area contributed by atoms with Gasteiger partial charge in [-0.1, -0.05) is 13.8 Å². The van der Waals surface area contributed by atoms with Gasteiger partial charge in [-0.2, -0.15) is 0 Å². The van der Waals surface area contributed by atoms with Crippen molar-refractivity contribution >= 4 is 17.3 Å². The Bertz CT molecular complexity index is 524. The van der Waals surface area contributed by atoms with E-state index in [4.69, 9.17) is 4.74 Å². The number of ether oxygens (including phenoxy) is 1. The molecule has 7 heteroatoms. The van der Waals surface area contributed by atoms with E-state index in [1.165, 1.54) is 9.88 Å². The lowest BCUT2D eigenvalue weighted by molar-refractivity contribution is 0.127. The van der Waals surface area contributed by atoms with Crippen LogP contribution in [0, 0.1) is 11.3 Å². The molecule has 0 aliphatic carbocycles. The van der Waals surface area contributed by atoms with Crippen molar-refractivity contribution in [3.63, 3.8) is 0 Å². The van der Waals surface area contributed by atoms with E-state index in [0.29, 0.717) is 12.5 Å². The van der Waals surface area contributed by atoms with Gasteiger partial charge in [-0.15, -0.1) is 11.3 Å². The predicted molar refractivity (Wildman–Crippen MR) is 98.4 cm³/mol. The molecule has 6 nitrogen and oxygen atoms in total. The number of nitrogens with one attached hydrogen (secondary N) is 2. The van der Waals surface area contributed by atoms with Crippen LogP contribution in [0.15, 0.2) is 11.2 Å². The first-order valence-corrected chi connectivity index (χ1v) is 9.45. The fraction of sp³-hybridized carbons (Fsp3) is 0.765. The number of aromatic nitrogens is 1. The first-order valence-electron chi connectivity index (χ1n) is 8.63. The summed E-state index contributed by atoms with van der Waals surface area (Å²) in [5.74, 6) is 1.40. The number of hydrogen-bond acceptors (Lipinski definition) is 5. The minimum atomic E-state index is 0.0152. The zero-order valence-electron chi connectivity index (χ0n) is 15.0. The first kappa shape index (κ1) is 19.1. The molecule has 1 aromatic heterocycles. The number of thiazole rings is 1. The molecule has 0 saturated carbocycles. The molecule has 0 bridgehead atoms. The van der Waals surface area contributed by atoms with Gasteiger partial charge in [-0.25, -0.2) is 4.98 Å². The van der Waals surface area contributed by atoms with Gasteiger partial charge in [0, 0.05) is 49.7 Å². The van der Waals surface area contributed by atoms with Crippen molar-refractivity contribution in [1.29, 1.82) is 0 Å². The maximum Gasteiger partial charge on any atom is 0.191 e. The van der Waals surface area contributed by atoms with Crippen LogP contribution in [0.25, 0.3) is 0 Å². The van der Waals surface area contributed by atoms with Gasteiger partial charge < -0.3 is 20.5 Å². The molecule has 136 valence electrons. The van der Waals surface area contributed by atoms with Crippen molar-refractivity contribution in [2.24, 2.45) is 16.3 Å². The lowest BCUT2D eigenvalue weighted by Crippen LogP contribution is -2.44. The SMILES string of the molecule is CN=C(NCc1cnc(CC(C)C)s1)NCC1(CCO)CCOC1. The Kier molecular flexibility index (Phi) is 7.45. The average molecular weight is 355 g/mol. The number of nitrogens with zero attached hydrogens (tertiary/aromatic N) is 2. The van der Waals surface area contributed by atoms with Crippen molar-refractivity contribution in [2.45, 2.75) is 39.7 Å². The molecule has 2 heterocycles. The fourth-order valence-electron chi connectivity index (χ4n) is 2.85. The van der Waals surface area contributed by atoms with Crippen LogP contribution in [0.2, 0.25) is 0 Å². The third kappa shape index (κ3) is 5.72. The zero-order valence-corrected chi connectivity index (χ0v) is 15.8. The Morgan fingerprint density at radius 1 is 1.50 bits per heavy atom. The number of aliphatic hydroxyl groups is 1. The second-order valence-electron chi connectivity index (χ2n) is 6.87. The predicted octanol–water partition coefficient (Wildman–Crippen LogP) is 1.80. The molecule has 24 heavy (non-hydrogen) atoms. The van der Waals surface area contributed by atoms with Crippen LogP contribution in [0.4, 0.5) is 0 Å². The third-order valence-electron chi connectivity index (χ3n) is 4.30.